The topological polar surface area (TPSA) is 71.4 Å². The molecule has 0 bridgehead atoms. The zero-order valence-electron chi connectivity index (χ0n) is 14.9. The quantitative estimate of drug-likeness (QED) is 0.564. The Morgan fingerprint density at radius 1 is 0.963 bits per heavy atom. The molecule has 0 radical (unpaired) electrons. The van der Waals surface area contributed by atoms with Gasteiger partial charge in [-0.15, -0.1) is 0 Å². The van der Waals surface area contributed by atoms with Crippen molar-refractivity contribution in [3.05, 3.63) is 71.4 Å². The highest BCUT2D eigenvalue weighted by atomic mass is 16.2. The van der Waals surface area contributed by atoms with E-state index in [4.69, 9.17) is 0 Å². The van der Waals surface area contributed by atoms with Gasteiger partial charge in [0, 0.05) is 23.6 Å². The van der Waals surface area contributed by atoms with E-state index >= 15 is 0 Å². The van der Waals surface area contributed by atoms with E-state index in [9.17, 15) is 14.4 Å². The molecule has 6 heteroatoms. The molecule has 0 spiro atoms. The highest BCUT2D eigenvalue weighted by molar-refractivity contribution is 6.39. The van der Waals surface area contributed by atoms with Gasteiger partial charge in [-0.2, -0.15) is 0 Å². The molecule has 1 aromatic heterocycles. The molecule has 0 aliphatic carbocycles. The molecule has 1 saturated heterocycles. The van der Waals surface area contributed by atoms with Crippen LogP contribution in [0.15, 0.2) is 60.2 Å². The predicted molar refractivity (Wildman–Crippen MR) is 103 cm³/mol. The number of urea groups is 1. The summed E-state index contributed by atoms with van der Waals surface area (Å²) in [6.45, 7) is 1.91. The number of barbiturate groups is 1. The molecule has 134 valence electrons. The summed E-state index contributed by atoms with van der Waals surface area (Å²) in [5, 5.41) is 3.25. The Bertz CT molecular complexity index is 1120. The van der Waals surface area contributed by atoms with Gasteiger partial charge in [0.15, 0.2) is 0 Å². The minimum absolute atomic E-state index is 0.0823. The van der Waals surface area contributed by atoms with Crippen molar-refractivity contribution < 1.29 is 14.4 Å². The summed E-state index contributed by atoms with van der Waals surface area (Å²) in [5.74, 6) is -1.34. The first-order chi connectivity index (χ1) is 13.0. The van der Waals surface area contributed by atoms with Gasteiger partial charge in [-0.3, -0.25) is 14.9 Å². The third-order valence-corrected chi connectivity index (χ3v) is 4.67. The van der Waals surface area contributed by atoms with Crippen molar-refractivity contribution in [3.63, 3.8) is 0 Å². The van der Waals surface area contributed by atoms with E-state index in [2.05, 4.69) is 5.32 Å². The molecule has 0 saturated carbocycles. The summed E-state index contributed by atoms with van der Waals surface area (Å²) in [7, 11) is 1.86. The first-order valence-electron chi connectivity index (χ1n) is 8.48. The van der Waals surface area contributed by atoms with E-state index in [-0.39, 0.29) is 5.57 Å². The van der Waals surface area contributed by atoms with E-state index in [1.54, 1.807) is 24.3 Å². The summed E-state index contributed by atoms with van der Waals surface area (Å²) < 4.78 is 1.90. The highest BCUT2D eigenvalue weighted by Gasteiger charge is 2.36. The van der Waals surface area contributed by atoms with Crippen LogP contribution in [0.2, 0.25) is 0 Å². The van der Waals surface area contributed by atoms with Gasteiger partial charge in [-0.25, -0.2) is 9.69 Å². The van der Waals surface area contributed by atoms with Crippen LogP contribution >= 0.6 is 0 Å². The van der Waals surface area contributed by atoms with Crippen molar-refractivity contribution in [2.24, 2.45) is 7.05 Å². The number of aryl methyl sites for hydroxylation is 2. The van der Waals surface area contributed by atoms with E-state index < -0.39 is 17.8 Å². The number of imide groups is 2. The number of aromatic nitrogens is 1. The number of carbonyl (C=O) groups excluding carboxylic acids is 3. The molecule has 1 fully saturated rings. The van der Waals surface area contributed by atoms with Crippen molar-refractivity contribution in [2.45, 2.75) is 6.92 Å². The van der Waals surface area contributed by atoms with E-state index in [1.807, 2.05) is 48.9 Å². The van der Waals surface area contributed by atoms with Crippen molar-refractivity contribution >= 4 is 40.5 Å². The number of nitrogens with zero attached hydrogens (tertiary/aromatic N) is 2. The number of anilines is 1. The highest BCUT2D eigenvalue weighted by Crippen LogP contribution is 2.24. The lowest BCUT2D eigenvalue weighted by Crippen LogP contribution is -2.54. The Kier molecular flexibility index (Phi) is 3.88. The number of carbonyl (C=O) groups is 3. The second kappa shape index (κ2) is 6.25. The largest absolute Gasteiger partial charge is 0.344 e. The Balaban J connectivity index is 1.78. The SMILES string of the molecule is Cc1ccc(N2C(=O)NC(=O)/C(=C\c3cc4ccccc4n3C)C2=O)cc1. The lowest BCUT2D eigenvalue weighted by molar-refractivity contribution is -0.122. The summed E-state index contributed by atoms with van der Waals surface area (Å²) in [6, 6.07) is 15.9. The van der Waals surface area contributed by atoms with Crippen LogP contribution in [0, 0.1) is 6.92 Å². The molecule has 1 aliphatic rings. The number of fused-ring (bicyclic) bond motifs is 1. The maximum absolute atomic E-state index is 12.9. The van der Waals surface area contributed by atoms with Crippen molar-refractivity contribution in [3.8, 4) is 0 Å². The molecule has 2 aromatic carbocycles. The molecule has 0 atom stereocenters. The summed E-state index contributed by atoms with van der Waals surface area (Å²) >= 11 is 0. The molecule has 1 N–H and O–H groups in total. The van der Waals surface area contributed by atoms with E-state index in [1.165, 1.54) is 6.08 Å². The van der Waals surface area contributed by atoms with Crippen LogP contribution in [0.5, 0.6) is 0 Å². The van der Waals surface area contributed by atoms with E-state index in [0.717, 1.165) is 21.4 Å². The summed E-state index contributed by atoms with van der Waals surface area (Å²) in [6.07, 6.45) is 1.52. The molecule has 6 nitrogen and oxygen atoms in total. The fourth-order valence-corrected chi connectivity index (χ4v) is 3.18. The zero-order chi connectivity index (χ0) is 19.1. The predicted octanol–water partition coefficient (Wildman–Crippen LogP) is 3.15. The number of nitrogens with one attached hydrogen (secondary N) is 1. The van der Waals surface area contributed by atoms with Gasteiger partial charge in [0.1, 0.15) is 5.57 Å². The minimum Gasteiger partial charge on any atom is -0.344 e. The maximum Gasteiger partial charge on any atom is 0.335 e. The lowest BCUT2D eigenvalue weighted by Gasteiger charge is -2.26. The Morgan fingerprint density at radius 3 is 2.37 bits per heavy atom. The molecule has 0 unspecified atom stereocenters. The Morgan fingerprint density at radius 2 is 1.67 bits per heavy atom. The Hall–Kier alpha value is -3.67. The second-order valence-electron chi connectivity index (χ2n) is 6.48. The third kappa shape index (κ3) is 2.81. The van der Waals surface area contributed by atoms with Gasteiger partial charge >= 0.3 is 6.03 Å². The number of rotatable bonds is 2. The van der Waals surface area contributed by atoms with Crippen molar-refractivity contribution in [1.82, 2.24) is 9.88 Å². The summed E-state index contributed by atoms with van der Waals surface area (Å²) in [5.41, 5.74) is 3.03. The molecular weight excluding hydrogens is 342 g/mol. The average Bonchev–Trinajstić information content (AvgIpc) is 2.96. The first-order valence-corrected chi connectivity index (χ1v) is 8.48. The maximum atomic E-state index is 12.9. The van der Waals surface area contributed by atoms with Gasteiger partial charge in [0.2, 0.25) is 0 Å². The van der Waals surface area contributed by atoms with Crippen LogP contribution in [-0.2, 0) is 16.6 Å². The van der Waals surface area contributed by atoms with Gasteiger partial charge in [0.05, 0.1) is 5.69 Å². The number of benzene rings is 2. The molecule has 27 heavy (non-hydrogen) atoms. The van der Waals surface area contributed by atoms with E-state index in [0.29, 0.717) is 11.4 Å². The smallest absolute Gasteiger partial charge is 0.335 e. The summed E-state index contributed by atoms with van der Waals surface area (Å²) in [4.78, 5) is 38.5. The Labute approximate surface area is 155 Å². The number of hydrogen-bond donors (Lipinski definition) is 1. The third-order valence-electron chi connectivity index (χ3n) is 4.67. The fourth-order valence-electron chi connectivity index (χ4n) is 3.18. The van der Waals surface area contributed by atoms with Crippen molar-refractivity contribution in [2.75, 3.05) is 4.90 Å². The number of amides is 4. The lowest BCUT2D eigenvalue weighted by atomic mass is 10.1. The molecule has 2 heterocycles. The van der Waals surface area contributed by atoms with Crippen molar-refractivity contribution in [1.29, 1.82) is 0 Å². The minimum atomic E-state index is -0.747. The normalized spacial score (nSPS) is 16.3. The van der Waals surface area contributed by atoms with Gasteiger partial charge in [-0.1, -0.05) is 35.9 Å². The second-order valence-corrected chi connectivity index (χ2v) is 6.48. The van der Waals surface area contributed by atoms with Gasteiger partial charge < -0.3 is 4.57 Å². The van der Waals surface area contributed by atoms with Crippen LogP contribution in [-0.4, -0.2) is 22.4 Å². The van der Waals surface area contributed by atoms with Crippen LogP contribution in [0.25, 0.3) is 17.0 Å². The molecule has 3 aromatic rings. The molecule has 4 rings (SSSR count). The van der Waals surface area contributed by atoms with Gasteiger partial charge in [0.25, 0.3) is 11.8 Å². The van der Waals surface area contributed by atoms with Gasteiger partial charge in [-0.05, 0) is 37.3 Å². The van der Waals surface area contributed by atoms with Crippen LogP contribution in [0.1, 0.15) is 11.3 Å². The number of hydrogen-bond acceptors (Lipinski definition) is 3. The number of para-hydroxylation sites is 1. The molecule has 1 aliphatic heterocycles. The standard InChI is InChI=1S/C21H17N3O3/c1-13-7-9-15(10-8-13)24-20(26)17(19(25)22-21(24)27)12-16-11-14-5-3-4-6-18(14)23(16)2/h3-12H,1-2H3,(H,22,25,27)/b17-12+. The fraction of sp³-hybridized carbons (Fsp3) is 0.0952. The first kappa shape index (κ1) is 16.8. The van der Waals surface area contributed by atoms with Crippen LogP contribution in [0.4, 0.5) is 10.5 Å². The van der Waals surface area contributed by atoms with Crippen LogP contribution in [0.3, 0.4) is 0 Å². The molecule has 4 amide bonds. The van der Waals surface area contributed by atoms with Crippen LogP contribution < -0.4 is 10.2 Å². The molecular formula is C21H17N3O3. The zero-order valence-corrected chi connectivity index (χ0v) is 14.9. The monoisotopic (exact) mass is 359 g/mol. The average molecular weight is 359 g/mol.